The molecule has 2 amide bonds. The van der Waals surface area contributed by atoms with Crippen molar-refractivity contribution in [3.63, 3.8) is 0 Å². The number of nitrogen functional groups attached to an aromatic ring is 1. The van der Waals surface area contributed by atoms with Gasteiger partial charge in [0.05, 0.1) is 6.54 Å². The predicted molar refractivity (Wildman–Crippen MR) is 93.4 cm³/mol. The van der Waals surface area contributed by atoms with Crippen molar-refractivity contribution in [1.29, 1.82) is 0 Å². The van der Waals surface area contributed by atoms with E-state index in [1.54, 1.807) is 0 Å². The summed E-state index contributed by atoms with van der Waals surface area (Å²) in [6.45, 7) is 3.45. The van der Waals surface area contributed by atoms with Crippen molar-refractivity contribution < 1.29 is 9.59 Å². The van der Waals surface area contributed by atoms with Gasteiger partial charge in [-0.3, -0.25) is 9.59 Å². The molecule has 2 heterocycles. The number of benzene rings is 1. The van der Waals surface area contributed by atoms with E-state index in [4.69, 9.17) is 5.73 Å². The van der Waals surface area contributed by atoms with E-state index in [2.05, 4.69) is 5.32 Å². The number of hydrogen-bond acceptors (Lipinski definition) is 4. The Morgan fingerprint density at radius 3 is 2.92 bits per heavy atom. The number of anilines is 1. The lowest BCUT2D eigenvalue weighted by Crippen LogP contribution is -2.57. The molecule has 0 aliphatic carbocycles. The standard InChI is InChI=1S/C18H26N4O2/c19-16-6-2-1-4-14(16)7-8-17(23)21-10-3-5-15(13-21)22-11-9-20-12-18(22)24/h1-2,4,6,15,20H,3,5,7-13,19H2. The third-order valence-electron chi connectivity index (χ3n) is 4.98. The number of likely N-dealkylation sites (tertiary alicyclic amines) is 1. The second kappa shape index (κ2) is 7.66. The van der Waals surface area contributed by atoms with Crippen molar-refractivity contribution in [1.82, 2.24) is 15.1 Å². The smallest absolute Gasteiger partial charge is 0.236 e. The van der Waals surface area contributed by atoms with Crippen LogP contribution in [0.1, 0.15) is 24.8 Å². The highest BCUT2D eigenvalue weighted by Gasteiger charge is 2.31. The first kappa shape index (κ1) is 16.8. The van der Waals surface area contributed by atoms with Crippen LogP contribution in [0, 0.1) is 0 Å². The third kappa shape index (κ3) is 3.87. The average molecular weight is 330 g/mol. The molecule has 1 unspecified atom stereocenters. The fourth-order valence-electron chi connectivity index (χ4n) is 3.60. The predicted octanol–water partition coefficient (Wildman–Crippen LogP) is 0.624. The molecule has 0 aromatic heterocycles. The summed E-state index contributed by atoms with van der Waals surface area (Å²) in [7, 11) is 0. The quantitative estimate of drug-likeness (QED) is 0.794. The normalized spacial score (nSPS) is 21.8. The fourth-order valence-corrected chi connectivity index (χ4v) is 3.60. The Hall–Kier alpha value is -2.08. The zero-order valence-corrected chi connectivity index (χ0v) is 14.0. The highest BCUT2D eigenvalue weighted by atomic mass is 16.2. The van der Waals surface area contributed by atoms with Crippen LogP contribution in [-0.4, -0.2) is 60.4 Å². The van der Waals surface area contributed by atoms with Crippen LogP contribution in [-0.2, 0) is 16.0 Å². The van der Waals surface area contributed by atoms with E-state index in [0.29, 0.717) is 25.9 Å². The molecule has 1 aromatic carbocycles. The Kier molecular flexibility index (Phi) is 5.35. The molecular formula is C18H26N4O2. The minimum Gasteiger partial charge on any atom is -0.399 e. The van der Waals surface area contributed by atoms with Gasteiger partial charge >= 0.3 is 0 Å². The first-order valence-electron chi connectivity index (χ1n) is 8.76. The number of amides is 2. The summed E-state index contributed by atoms with van der Waals surface area (Å²) in [5.74, 6) is 0.308. The van der Waals surface area contributed by atoms with E-state index in [1.165, 1.54) is 0 Å². The van der Waals surface area contributed by atoms with Gasteiger partial charge in [-0.1, -0.05) is 18.2 Å². The van der Waals surface area contributed by atoms with E-state index in [9.17, 15) is 9.59 Å². The van der Waals surface area contributed by atoms with Crippen molar-refractivity contribution in [2.75, 3.05) is 38.5 Å². The van der Waals surface area contributed by atoms with E-state index in [1.807, 2.05) is 34.1 Å². The SMILES string of the molecule is Nc1ccccc1CCC(=O)N1CCCC(N2CCNCC2=O)C1. The minimum absolute atomic E-state index is 0.151. The summed E-state index contributed by atoms with van der Waals surface area (Å²) in [6.07, 6.45) is 3.08. The van der Waals surface area contributed by atoms with Crippen LogP contribution < -0.4 is 11.1 Å². The number of piperazine rings is 1. The van der Waals surface area contributed by atoms with Gasteiger partial charge in [-0.25, -0.2) is 0 Å². The summed E-state index contributed by atoms with van der Waals surface area (Å²) in [5, 5.41) is 3.10. The second-order valence-corrected chi connectivity index (χ2v) is 6.60. The van der Waals surface area contributed by atoms with Gasteiger partial charge in [0.15, 0.2) is 0 Å². The minimum atomic E-state index is 0.151. The van der Waals surface area contributed by atoms with Crippen LogP contribution in [0.4, 0.5) is 5.69 Å². The Morgan fingerprint density at radius 2 is 2.12 bits per heavy atom. The first-order valence-corrected chi connectivity index (χ1v) is 8.76. The number of nitrogens with one attached hydrogen (secondary N) is 1. The summed E-state index contributed by atoms with van der Waals surface area (Å²) < 4.78 is 0. The molecule has 24 heavy (non-hydrogen) atoms. The Labute approximate surface area is 143 Å². The molecule has 0 radical (unpaired) electrons. The molecule has 0 bridgehead atoms. The number of piperidine rings is 1. The van der Waals surface area contributed by atoms with Gasteiger partial charge in [-0.05, 0) is 30.9 Å². The maximum absolute atomic E-state index is 12.6. The summed E-state index contributed by atoms with van der Waals surface area (Å²) in [4.78, 5) is 28.5. The monoisotopic (exact) mass is 330 g/mol. The summed E-state index contributed by atoms with van der Waals surface area (Å²) in [6, 6.07) is 7.86. The highest BCUT2D eigenvalue weighted by molar-refractivity contribution is 5.80. The van der Waals surface area contributed by atoms with E-state index in [-0.39, 0.29) is 17.9 Å². The molecule has 2 fully saturated rings. The van der Waals surface area contributed by atoms with Gasteiger partial charge in [-0.15, -0.1) is 0 Å². The van der Waals surface area contributed by atoms with Crippen LogP contribution in [0.2, 0.25) is 0 Å². The lowest BCUT2D eigenvalue weighted by Gasteiger charge is -2.41. The number of aryl methyl sites for hydroxylation is 1. The van der Waals surface area contributed by atoms with Crippen molar-refractivity contribution in [3.05, 3.63) is 29.8 Å². The van der Waals surface area contributed by atoms with Gasteiger partial charge < -0.3 is 20.9 Å². The average Bonchev–Trinajstić information content (AvgIpc) is 2.61. The number of nitrogens with two attached hydrogens (primary N) is 1. The highest BCUT2D eigenvalue weighted by Crippen LogP contribution is 2.19. The topological polar surface area (TPSA) is 78.7 Å². The first-order chi connectivity index (χ1) is 11.6. The Bertz CT molecular complexity index is 604. The number of rotatable bonds is 4. The molecule has 1 atom stereocenters. The van der Waals surface area contributed by atoms with Crippen molar-refractivity contribution in [3.8, 4) is 0 Å². The molecule has 130 valence electrons. The molecule has 3 rings (SSSR count). The third-order valence-corrected chi connectivity index (χ3v) is 4.98. The largest absolute Gasteiger partial charge is 0.399 e. The van der Waals surface area contributed by atoms with Gasteiger partial charge in [0, 0.05) is 44.3 Å². The number of para-hydroxylation sites is 1. The van der Waals surface area contributed by atoms with Gasteiger partial charge in [-0.2, -0.15) is 0 Å². The molecule has 2 saturated heterocycles. The van der Waals surface area contributed by atoms with Crippen LogP contribution in [0.5, 0.6) is 0 Å². The second-order valence-electron chi connectivity index (χ2n) is 6.60. The molecule has 6 nitrogen and oxygen atoms in total. The lowest BCUT2D eigenvalue weighted by atomic mass is 10.0. The van der Waals surface area contributed by atoms with Crippen LogP contribution in [0.15, 0.2) is 24.3 Å². The molecule has 2 aliphatic heterocycles. The van der Waals surface area contributed by atoms with Gasteiger partial charge in [0.1, 0.15) is 0 Å². The zero-order chi connectivity index (χ0) is 16.9. The Balaban J connectivity index is 1.55. The zero-order valence-electron chi connectivity index (χ0n) is 14.0. The maximum atomic E-state index is 12.6. The maximum Gasteiger partial charge on any atom is 0.236 e. The molecule has 2 aliphatic rings. The lowest BCUT2D eigenvalue weighted by molar-refractivity contribution is -0.140. The summed E-state index contributed by atoms with van der Waals surface area (Å²) in [5.41, 5.74) is 7.71. The number of nitrogens with zero attached hydrogens (tertiary/aromatic N) is 2. The molecule has 1 aromatic rings. The van der Waals surface area contributed by atoms with Gasteiger partial charge in [0.2, 0.25) is 11.8 Å². The van der Waals surface area contributed by atoms with Crippen LogP contribution >= 0.6 is 0 Å². The summed E-state index contributed by atoms with van der Waals surface area (Å²) >= 11 is 0. The van der Waals surface area contributed by atoms with Gasteiger partial charge in [0.25, 0.3) is 0 Å². The van der Waals surface area contributed by atoms with Crippen LogP contribution in [0.3, 0.4) is 0 Å². The van der Waals surface area contributed by atoms with Crippen molar-refractivity contribution in [2.45, 2.75) is 31.7 Å². The van der Waals surface area contributed by atoms with Crippen molar-refractivity contribution >= 4 is 17.5 Å². The van der Waals surface area contributed by atoms with E-state index in [0.717, 1.165) is 43.7 Å². The molecule has 3 N–H and O–H groups in total. The van der Waals surface area contributed by atoms with Crippen molar-refractivity contribution in [2.24, 2.45) is 0 Å². The van der Waals surface area contributed by atoms with E-state index >= 15 is 0 Å². The fraction of sp³-hybridized carbons (Fsp3) is 0.556. The number of carbonyl (C=O) groups excluding carboxylic acids is 2. The Morgan fingerprint density at radius 1 is 1.29 bits per heavy atom. The van der Waals surface area contributed by atoms with Crippen LogP contribution in [0.25, 0.3) is 0 Å². The molecule has 0 spiro atoms. The number of hydrogen-bond donors (Lipinski definition) is 2. The molecular weight excluding hydrogens is 304 g/mol. The molecule has 6 heteroatoms. The number of carbonyl (C=O) groups is 2. The molecule has 0 saturated carbocycles. The van der Waals surface area contributed by atoms with E-state index < -0.39 is 0 Å².